The molecule has 0 fully saturated rings. The van der Waals surface area contributed by atoms with Gasteiger partial charge in [-0.05, 0) is 49.2 Å². The lowest BCUT2D eigenvalue weighted by Gasteiger charge is -2.16. The Morgan fingerprint density at radius 3 is 2.88 bits per heavy atom. The Hall–Kier alpha value is -2.53. The van der Waals surface area contributed by atoms with Crippen molar-refractivity contribution in [3.8, 4) is 5.75 Å². The van der Waals surface area contributed by atoms with E-state index in [1.165, 1.54) is 0 Å². The highest BCUT2D eigenvalue weighted by atomic mass is 35.5. The van der Waals surface area contributed by atoms with Crippen LogP contribution in [0.15, 0.2) is 36.4 Å². The summed E-state index contributed by atoms with van der Waals surface area (Å²) in [4.78, 5) is 24.0. The molecule has 0 spiro atoms. The first-order valence-electron chi connectivity index (χ1n) is 7.59. The van der Waals surface area contributed by atoms with Gasteiger partial charge in [-0.2, -0.15) is 0 Å². The third-order valence-corrected chi connectivity index (χ3v) is 4.13. The van der Waals surface area contributed by atoms with Crippen LogP contribution >= 0.6 is 11.6 Å². The second kappa shape index (κ2) is 6.53. The molecule has 0 aromatic heterocycles. The molecule has 2 aromatic rings. The standard InChI is InChI=1S/C18H17ClN2O3/c1-10-3-6-15(19)16(7-10)24-11(2)17(22)21-13-5-4-12-9-20-18(23)14(12)8-13/h3-8,11H,9H2,1-2H3,(H,20,23)(H,21,22). The Kier molecular flexibility index (Phi) is 4.44. The Bertz CT molecular complexity index is 820. The van der Waals surface area contributed by atoms with E-state index in [4.69, 9.17) is 16.3 Å². The molecule has 1 aliphatic rings. The number of carbonyl (C=O) groups is 2. The smallest absolute Gasteiger partial charge is 0.265 e. The van der Waals surface area contributed by atoms with E-state index in [1.807, 2.05) is 19.1 Å². The number of hydrogen-bond acceptors (Lipinski definition) is 3. The third-order valence-electron chi connectivity index (χ3n) is 3.82. The molecular weight excluding hydrogens is 328 g/mol. The zero-order valence-electron chi connectivity index (χ0n) is 13.4. The van der Waals surface area contributed by atoms with E-state index in [9.17, 15) is 9.59 Å². The van der Waals surface area contributed by atoms with Crippen molar-refractivity contribution in [1.82, 2.24) is 5.32 Å². The quantitative estimate of drug-likeness (QED) is 0.894. The van der Waals surface area contributed by atoms with Crippen molar-refractivity contribution in [2.24, 2.45) is 0 Å². The number of aryl methyl sites for hydroxylation is 1. The summed E-state index contributed by atoms with van der Waals surface area (Å²) in [5.41, 5.74) is 3.06. The molecule has 1 aliphatic heterocycles. The van der Waals surface area contributed by atoms with Crippen LogP contribution in [-0.2, 0) is 11.3 Å². The van der Waals surface area contributed by atoms with Gasteiger partial charge in [-0.1, -0.05) is 23.7 Å². The van der Waals surface area contributed by atoms with E-state index in [2.05, 4.69) is 10.6 Å². The zero-order valence-corrected chi connectivity index (χ0v) is 14.1. The van der Waals surface area contributed by atoms with Crippen LogP contribution in [0.3, 0.4) is 0 Å². The molecule has 0 bridgehead atoms. The van der Waals surface area contributed by atoms with Crippen molar-refractivity contribution >= 4 is 29.1 Å². The normalized spacial score (nSPS) is 13.9. The number of anilines is 1. The van der Waals surface area contributed by atoms with Gasteiger partial charge in [-0.3, -0.25) is 9.59 Å². The molecule has 5 nitrogen and oxygen atoms in total. The summed E-state index contributed by atoms with van der Waals surface area (Å²) in [5, 5.41) is 5.95. The Labute approximate surface area is 145 Å². The van der Waals surface area contributed by atoms with Gasteiger partial charge in [0.1, 0.15) is 5.75 Å². The van der Waals surface area contributed by atoms with Crippen LogP contribution in [0, 0.1) is 6.92 Å². The molecule has 2 amide bonds. The highest BCUT2D eigenvalue weighted by molar-refractivity contribution is 6.32. The number of nitrogens with one attached hydrogen (secondary N) is 2. The number of ether oxygens (including phenoxy) is 1. The van der Waals surface area contributed by atoms with Gasteiger partial charge in [0.25, 0.3) is 11.8 Å². The SMILES string of the molecule is Cc1ccc(Cl)c(OC(C)C(=O)Nc2ccc3c(c2)C(=O)NC3)c1. The minimum atomic E-state index is -0.730. The van der Waals surface area contributed by atoms with Crippen LogP contribution in [0.4, 0.5) is 5.69 Å². The minimum absolute atomic E-state index is 0.128. The van der Waals surface area contributed by atoms with E-state index >= 15 is 0 Å². The maximum atomic E-state index is 12.3. The molecule has 1 heterocycles. The highest BCUT2D eigenvalue weighted by Crippen LogP contribution is 2.26. The Morgan fingerprint density at radius 1 is 1.29 bits per heavy atom. The molecule has 1 unspecified atom stereocenters. The molecule has 3 rings (SSSR count). The van der Waals surface area contributed by atoms with Crippen molar-refractivity contribution in [3.05, 3.63) is 58.1 Å². The Morgan fingerprint density at radius 2 is 2.08 bits per heavy atom. The molecular formula is C18H17ClN2O3. The van der Waals surface area contributed by atoms with Crippen LogP contribution in [0.25, 0.3) is 0 Å². The maximum Gasteiger partial charge on any atom is 0.265 e. The molecule has 0 saturated heterocycles. The fraction of sp³-hybridized carbons (Fsp3) is 0.222. The van der Waals surface area contributed by atoms with Crippen LogP contribution in [0.1, 0.15) is 28.4 Å². The van der Waals surface area contributed by atoms with E-state index in [0.29, 0.717) is 28.6 Å². The molecule has 6 heteroatoms. The molecule has 1 atom stereocenters. The van der Waals surface area contributed by atoms with E-state index in [-0.39, 0.29) is 11.8 Å². The fourth-order valence-corrected chi connectivity index (χ4v) is 2.64. The first kappa shape index (κ1) is 16.3. The summed E-state index contributed by atoms with van der Waals surface area (Å²) in [7, 11) is 0. The van der Waals surface area contributed by atoms with E-state index in [1.54, 1.807) is 31.2 Å². The number of amides is 2. The second-order valence-corrected chi connectivity index (χ2v) is 6.15. The zero-order chi connectivity index (χ0) is 17.3. The average Bonchev–Trinajstić information content (AvgIpc) is 2.92. The van der Waals surface area contributed by atoms with Gasteiger partial charge >= 0.3 is 0 Å². The number of hydrogen-bond donors (Lipinski definition) is 2. The van der Waals surface area contributed by atoms with Gasteiger partial charge in [-0.25, -0.2) is 0 Å². The molecule has 0 radical (unpaired) electrons. The van der Waals surface area contributed by atoms with Crippen molar-refractivity contribution in [3.63, 3.8) is 0 Å². The van der Waals surface area contributed by atoms with Gasteiger partial charge < -0.3 is 15.4 Å². The first-order valence-corrected chi connectivity index (χ1v) is 7.96. The number of carbonyl (C=O) groups excluding carboxylic acids is 2. The minimum Gasteiger partial charge on any atom is -0.479 e. The molecule has 2 N–H and O–H groups in total. The van der Waals surface area contributed by atoms with Crippen LogP contribution < -0.4 is 15.4 Å². The predicted octanol–water partition coefficient (Wildman–Crippen LogP) is 3.30. The first-order chi connectivity index (χ1) is 11.4. The average molecular weight is 345 g/mol. The molecule has 24 heavy (non-hydrogen) atoms. The van der Waals surface area contributed by atoms with Gasteiger partial charge in [0.05, 0.1) is 5.02 Å². The van der Waals surface area contributed by atoms with Crippen molar-refractivity contribution < 1.29 is 14.3 Å². The van der Waals surface area contributed by atoms with Crippen LogP contribution in [-0.4, -0.2) is 17.9 Å². The lowest BCUT2D eigenvalue weighted by atomic mass is 10.1. The van der Waals surface area contributed by atoms with Gasteiger partial charge in [0, 0.05) is 17.8 Å². The summed E-state index contributed by atoms with van der Waals surface area (Å²) in [6.07, 6.45) is -0.730. The third kappa shape index (κ3) is 3.36. The lowest BCUT2D eigenvalue weighted by molar-refractivity contribution is -0.122. The molecule has 2 aromatic carbocycles. The number of fused-ring (bicyclic) bond motifs is 1. The maximum absolute atomic E-state index is 12.3. The summed E-state index contributed by atoms with van der Waals surface area (Å²) in [6.45, 7) is 4.09. The monoisotopic (exact) mass is 344 g/mol. The highest BCUT2D eigenvalue weighted by Gasteiger charge is 2.21. The van der Waals surface area contributed by atoms with Crippen molar-refractivity contribution in [2.75, 3.05) is 5.32 Å². The van der Waals surface area contributed by atoms with Gasteiger partial charge in [-0.15, -0.1) is 0 Å². The summed E-state index contributed by atoms with van der Waals surface area (Å²) in [6, 6.07) is 10.6. The van der Waals surface area contributed by atoms with Crippen molar-refractivity contribution in [1.29, 1.82) is 0 Å². The molecule has 0 saturated carbocycles. The van der Waals surface area contributed by atoms with Crippen molar-refractivity contribution in [2.45, 2.75) is 26.5 Å². The van der Waals surface area contributed by atoms with Crippen LogP contribution in [0.2, 0.25) is 5.02 Å². The van der Waals surface area contributed by atoms with Gasteiger partial charge in [0.15, 0.2) is 6.10 Å². The summed E-state index contributed by atoms with van der Waals surface area (Å²) >= 11 is 6.08. The second-order valence-electron chi connectivity index (χ2n) is 5.74. The summed E-state index contributed by atoms with van der Waals surface area (Å²) < 4.78 is 5.65. The molecule has 124 valence electrons. The Balaban J connectivity index is 1.69. The number of benzene rings is 2. The topological polar surface area (TPSA) is 67.4 Å². The molecule has 0 aliphatic carbocycles. The van der Waals surface area contributed by atoms with Gasteiger partial charge in [0.2, 0.25) is 0 Å². The lowest BCUT2D eigenvalue weighted by Crippen LogP contribution is -2.30. The summed E-state index contributed by atoms with van der Waals surface area (Å²) in [5.74, 6) is 0.0236. The van der Waals surface area contributed by atoms with Crippen LogP contribution in [0.5, 0.6) is 5.75 Å². The van der Waals surface area contributed by atoms with E-state index < -0.39 is 6.10 Å². The predicted molar refractivity (Wildman–Crippen MR) is 92.5 cm³/mol. The largest absolute Gasteiger partial charge is 0.479 e. The number of halogens is 1. The van der Waals surface area contributed by atoms with E-state index in [0.717, 1.165) is 11.1 Å². The number of rotatable bonds is 4. The fourth-order valence-electron chi connectivity index (χ4n) is 2.48.